The number of ether oxygens (including phenoxy) is 1. The van der Waals surface area contributed by atoms with Crippen LogP contribution in [0.4, 0.5) is 0 Å². The summed E-state index contributed by atoms with van der Waals surface area (Å²) in [5.74, 6) is 0.631. The van der Waals surface area contributed by atoms with Crippen molar-refractivity contribution in [2.45, 2.75) is 12.8 Å². The molecule has 0 saturated carbocycles. The molecule has 0 N–H and O–H groups in total. The maximum atomic E-state index is 9.07. The van der Waals surface area contributed by atoms with Gasteiger partial charge in [0.05, 0.1) is 6.61 Å². The summed E-state index contributed by atoms with van der Waals surface area (Å²) in [7, 11) is 0. The lowest BCUT2D eigenvalue weighted by atomic mass is 10.1. The molecule has 0 bridgehead atoms. The molecule has 3 nitrogen and oxygen atoms in total. The molecule has 1 heterocycles. The van der Waals surface area contributed by atoms with Gasteiger partial charge >= 0.3 is 0 Å². The van der Waals surface area contributed by atoms with E-state index < -0.39 is 0 Å². The fourth-order valence-electron chi connectivity index (χ4n) is 1.74. The highest BCUT2D eigenvalue weighted by Crippen LogP contribution is 2.25. The summed E-state index contributed by atoms with van der Waals surface area (Å²) in [6, 6.07) is 11.7. The number of aryl methyl sites for hydroxylation is 1. The number of rotatable bonds is 5. The average molecular weight is 317 g/mol. The minimum absolute atomic E-state index is 0.548. The molecule has 0 saturated heterocycles. The Bertz CT molecular complexity index is 578. The van der Waals surface area contributed by atoms with Gasteiger partial charge in [0, 0.05) is 16.9 Å². The van der Waals surface area contributed by atoms with Crippen LogP contribution >= 0.6 is 15.9 Å². The van der Waals surface area contributed by atoms with Gasteiger partial charge in [-0.05, 0) is 58.6 Å². The van der Waals surface area contributed by atoms with Gasteiger partial charge in [0.1, 0.15) is 17.4 Å². The second-order valence-electron chi connectivity index (χ2n) is 4.03. The van der Waals surface area contributed by atoms with Crippen LogP contribution in [0.25, 0.3) is 0 Å². The van der Waals surface area contributed by atoms with E-state index in [9.17, 15) is 0 Å². The van der Waals surface area contributed by atoms with Crippen molar-refractivity contribution in [1.29, 1.82) is 5.26 Å². The van der Waals surface area contributed by atoms with Crippen LogP contribution in [0.5, 0.6) is 5.75 Å². The van der Waals surface area contributed by atoms with Gasteiger partial charge in [-0.2, -0.15) is 5.26 Å². The van der Waals surface area contributed by atoms with Crippen molar-refractivity contribution in [2.75, 3.05) is 6.61 Å². The second-order valence-corrected chi connectivity index (χ2v) is 4.89. The van der Waals surface area contributed by atoms with Gasteiger partial charge in [-0.15, -0.1) is 0 Å². The maximum Gasteiger partial charge on any atom is 0.138 e. The van der Waals surface area contributed by atoms with Gasteiger partial charge in [-0.3, -0.25) is 4.98 Å². The molecule has 96 valence electrons. The highest BCUT2D eigenvalue weighted by atomic mass is 79.9. The highest BCUT2D eigenvalue weighted by Gasteiger charge is 2.06. The van der Waals surface area contributed by atoms with E-state index >= 15 is 0 Å². The van der Waals surface area contributed by atoms with Crippen LogP contribution < -0.4 is 4.74 Å². The summed E-state index contributed by atoms with van der Waals surface area (Å²) >= 11 is 3.34. The number of aromatic nitrogens is 1. The zero-order valence-corrected chi connectivity index (χ0v) is 11.9. The monoisotopic (exact) mass is 316 g/mol. The van der Waals surface area contributed by atoms with Gasteiger partial charge < -0.3 is 4.74 Å². The molecule has 0 spiro atoms. The highest BCUT2D eigenvalue weighted by molar-refractivity contribution is 9.10. The Morgan fingerprint density at radius 2 is 2.00 bits per heavy atom. The molecule has 4 heteroatoms. The number of hydrogen-bond acceptors (Lipinski definition) is 3. The quantitative estimate of drug-likeness (QED) is 0.790. The average Bonchev–Trinajstić information content (AvgIpc) is 2.45. The summed E-state index contributed by atoms with van der Waals surface area (Å²) in [5, 5.41) is 9.07. The summed E-state index contributed by atoms with van der Waals surface area (Å²) in [6.45, 7) is 0.591. The van der Waals surface area contributed by atoms with Crippen molar-refractivity contribution in [3.05, 3.63) is 58.3 Å². The Kier molecular flexibility index (Phi) is 4.93. The van der Waals surface area contributed by atoms with Gasteiger partial charge in [0.25, 0.3) is 0 Å². The van der Waals surface area contributed by atoms with Crippen LogP contribution in [0.2, 0.25) is 0 Å². The van der Waals surface area contributed by atoms with E-state index in [0.717, 1.165) is 17.3 Å². The second kappa shape index (κ2) is 6.91. The number of hydrogen-bond donors (Lipinski definition) is 0. The molecule has 0 atom stereocenters. The first kappa shape index (κ1) is 13.6. The molecule has 1 aromatic carbocycles. The molecule has 0 radical (unpaired) electrons. The fraction of sp³-hybridized carbons (Fsp3) is 0.200. The molecular weight excluding hydrogens is 304 g/mol. The molecule has 2 aromatic rings. The van der Waals surface area contributed by atoms with E-state index in [0.29, 0.717) is 17.9 Å². The van der Waals surface area contributed by atoms with Crippen molar-refractivity contribution in [2.24, 2.45) is 0 Å². The van der Waals surface area contributed by atoms with E-state index in [-0.39, 0.29) is 0 Å². The largest absolute Gasteiger partial charge is 0.492 e. The molecular formula is C15H13BrN2O. The molecule has 0 aliphatic carbocycles. The van der Waals surface area contributed by atoms with E-state index in [2.05, 4.69) is 27.0 Å². The van der Waals surface area contributed by atoms with Gasteiger partial charge in [-0.25, -0.2) is 0 Å². The number of halogens is 1. The lowest BCUT2D eigenvalue weighted by Crippen LogP contribution is -2.01. The molecule has 1 aromatic heterocycles. The fourth-order valence-corrected chi connectivity index (χ4v) is 2.18. The normalized spacial score (nSPS) is 9.89. The van der Waals surface area contributed by atoms with E-state index in [4.69, 9.17) is 10.00 Å². The first-order valence-electron chi connectivity index (χ1n) is 6.01. The van der Waals surface area contributed by atoms with Crippen LogP contribution in [0, 0.1) is 11.3 Å². The Balaban J connectivity index is 1.87. The summed E-state index contributed by atoms with van der Waals surface area (Å²) < 4.78 is 6.43. The maximum absolute atomic E-state index is 9.07. The Hall–Kier alpha value is -1.86. The molecule has 19 heavy (non-hydrogen) atoms. The zero-order valence-electron chi connectivity index (χ0n) is 10.3. The Morgan fingerprint density at radius 3 is 2.74 bits per heavy atom. The van der Waals surface area contributed by atoms with Crippen LogP contribution in [0.3, 0.4) is 0 Å². The number of benzene rings is 1. The number of pyridine rings is 1. The van der Waals surface area contributed by atoms with Crippen molar-refractivity contribution in [3.8, 4) is 11.8 Å². The summed E-state index contributed by atoms with van der Waals surface area (Å²) in [4.78, 5) is 3.98. The zero-order chi connectivity index (χ0) is 13.5. The molecule has 0 unspecified atom stereocenters. The van der Waals surface area contributed by atoms with E-state index in [1.165, 1.54) is 5.56 Å². The molecule has 0 aliphatic heterocycles. The lowest BCUT2D eigenvalue weighted by molar-refractivity contribution is 0.310. The lowest BCUT2D eigenvalue weighted by Gasteiger charge is -2.08. The van der Waals surface area contributed by atoms with Crippen molar-refractivity contribution >= 4 is 15.9 Å². The predicted molar refractivity (Wildman–Crippen MR) is 76.9 cm³/mol. The summed E-state index contributed by atoms with van der Waals surface area (Å²) in [5.41, 5.74) is 1.79. The SMILES string of the molecule is N#Cc1c(Br)cccc1OCCCc1ccncc1. The van der Waals surface area contributed by atoms with Crippen LogP contribution in [-0.4, -0.2) is 11.6 Å². The first-order chi connectivity index (χ1) is 9.31. The van der Waals surface area contributed by atoms with Gasteiger partial charge in [-0.1, -0.05) is 6.07 Å². The van der Waals surface area contributed by atoms with E-state index in [1.54, 1.807) is 12.4 Å². The molecule has 0 amide bonds. The third-order valence-corrected chi connectivity index (χ3v) is 3.36. The smallest absolute Gasteiger partial charge is 0.138 e. The Morgan fingerprint density at radius 1 is 1.21 bits per heavy atom. The van der Waals surface area contributed by atoms with Gasteiger partial charge in [0.2, 0.25) is 0 Å². The van der Waals surface area contributed by atoms with Crippen molar-refractivity contribution in [3.63, 3.8) is 0 Å². The predicted octanol–water partition coefficient (Wildman–Crippen LogP) is 3.73. The van der Waals surface area contributed by atoms with E-state index in [1.807, 2.05) is 30.3 Å². The first-order valence-corrected chi connectivity index (χ1v) is 6.81. The Labute approximate surface area is 121 Å². The topological polar surface area (TPSA) is 45.9 Å². The standard InChI is InChI=1S/C15H13BrN2O/c16-14-4-1-5-15(13(14)11-17)19-10-2-3-12-6-8-18-9-7-12/h1,4-9H,2-3,10H2. The number of nitriles is 1. The molecule has 0 fully saturated rings. The number of nitrogens with zero attached hydrogens (tertiary/aromatic N) is 2. The third kappa shape index (κ3) is 3.80. The minimum Gasteiger partial charge on any atom is -0.492 e. The minimum atomic E-state index is 0.548. The third-order valence-electron chi connectivity index (χ3n) is 2.70. The van der Waals surface area contributed by atoms with Gasteiger partial charge in [0.15, 0.2) is 0 Å². The van der Waals surface area contributed by atoms with Crippen LogP contribution in [-0.2, 0) is 6.42 Å². The van der Waals surface area contributed by atoms with Crippen molar-refractivity contribution in [1.82, 2.24) is 4.98 Å². The molecule has 2 rings (SSSR count). The van der Waals surface area contributed by atoms with Crippen LogP contribution in [0.15, 0.2) is 47.2 Å². The molecule has 0 aliphatic rings. The summed E-state index contributed by atoms with van der Waals surface area (Å²) in [6.07, 6.45) is 5.43. The van der Waals surface area contributed by atoms with Crippen molar-refractivity contribution < 1.29 is 4.74 Å². The van der Waals surface area contributed by atoms with Crippen LogP contribution in [0.1, 0.15) is 17.5 Å².